The lowest BCUT2D eigenvalue weighted by molar-refractivity contribution is 0.104. The van der Waals surface area contributed by atoms with E-state index in [-0.39, 0.29) is 12.4 Å². The van der Waals surface area contributed by atoms with Crippen molar-refractivity contribution in [3.05, 3.63) is 23.8 Å². The number of benzene rings is 1. The second kappa shape index (κ2) is 9.57. The van der Waals surface area contributed by atoms with E-state index >= 15 is 0 Å². The standard InChI is InChI=1S/C16H25NO2S.ClH/c1-12(2)17-10-14(18)11-19-15-6-7-16-13(9-15)5-3-4-8-20-16;/h6-7,9,12,14,17-18H,3-5,8,10-11H2,1-2H3;1H. The van der Waals surface area contributed by atoms with Gasteiger partial charge in [0.1, 0.15) is 18.5 Å². The molecule has 0 aromatic heterocycles. The second-order valence-corrected chi connectivity index (χ2v) is 6.74. The van der Waals surface area contributed by atoms with Crippen molar-refractivity contribution in [3.63, 3.8) is 0 Å². The summed E-state index contributed by atoms with van der Waals surface area (Å²) in [6, 6.07) is 6.68. The Kier molecular flexibility index (Phi) is 8.49. The van der Waals surface area contributed by atoms with Crippen LogP contribution < -0.4 is 10.1 Å². The van der Waals surface area contributed by atoms with E-state index in [1.165, 1.54) is 29.1 Å². The number of rotatable bonds is 6. The molecule has 2 N–H and O–H groups in total. The zero-order valence-electron chi connectivity index (χ0n) is 12.8. The van der Waals surface area contributed by atoms with E-state index in [1.54, 1.807) is 0 Å². The first-order valence-corrected chi connectivity index (χ1v) is 8.43. The molecule has 0 radical (unpaired) electrons. The molecule has 2 rings (SSSR count). The summed E-state index contributed by atoms with van der Waals surface area (Å²) in [6.07, 6.45) is 3.21. The summed E-state index contributed by atoms with van der Waals surface area (Å²) in [5, 5.41) is 13.1. The number of thioether (sulfide) groups is 1. The molecular weight excluding hydrogens is 306 g/mol. The number of aliphatic hydroxyl groups excluding tert-OH is 1. The van der Waals surface area contributed by atoms with Crippen LogP contribution in [0.4, 0.5) is 0 Å². The van der Waals surface area contributed by atoms with Crippen LogP contribution in [-0.4, -0.2) is 36.2 Å². The Morgan fingerprint density at radius 3 is 2.90 bits per heavy atom. The maximum Gasteiger partial charge on any atom is 0.119 e. The monoisotopic (exact) mass is 331 g/mol. The molecule has 1 aromatic carbocycles. The molecule has 0 amide bonds. The summed E-state index contributed by atoms with van der Waals surface area (Å²) in [4.78, 5) is 1.39. The summed E-state index contributed by atoms with van der Waals surface area (Å²) in [6.45, 7) is 5.04. The highest BCUT2D eigenvalue weighted by atomic mass is 35.5. The number of aliphatic hydroxyl groups is 1. The summed E-state index contributed by atoms with van der Waals surface area (Å²) in [5.74, 6) is 2.09. The molecule has 0 fully saturated rings. The summed E-state index contributed by atoms with van der Waals surface area (Å²) < 4.78 is 5.71. The zero-order chi connectivity index (χ0) is 14.4. The molecule has 5 heteroatoms. The smallest absolute Gasteiger partial charge is 0.119 e. The van der Waals surface area contributed by atoms with Crippen LogP contribution >= 0.6 is 24.2 Å². The van der Waals surface area contributed by atoms with Gasteiger partial charge in [-0.15, -0.1) is 24.2 Å². The van der Waals surface area contributed by atoms with Gasteiger partial charge < -0.3 is 15.2 Å². The molecule has 0 spiro atoms. The molecule has 0 saturated heterocycles. The van der Waals surface area contributed by atoms with E-state index in [4.69, 9.17) is 4.74 Å². The lowest BCUT2D eigenvalue weighted by Crippen LogP contribution is -2.35. The van der Waals surface area contributed by atoms with Crippen molar-refractivity contribution in [1.29, 1.82) is 0 Å². The van der Waals surface area contributed by atoms with Crippen molar-refractivity contribution in [1.82, 2.24) is 5.32 Å². The van der Waals surface area contributed by atoms with Gasteiger partial charge in [0, 0.05) is 17.5 Å². The van der Waals surface area contributed by atoms with Gasteiger partial charge in [-0.3, -0.25) is 0 Å². The van der Waals surface area contributed by atoms with E-state index in [2.05, 4.69) is 31.3 Å². The normalized spacial score (nSPS) is 15.8. The van der Waals surface area contributed by atoms with Gasteiger partial charge in [0.15, 0.2) is 0 Å². The Hall–Kier alpha value is -0.420. The molecule has 0 saturated carbocycles. The van der Waals surface area contributed by atoms with E-state index in [1.807, 2.05) is 17.8 Å². The predicted octanol–water partition coefficient (Wildman–Crippen LogP) is 3.27. The molecule has 0 aliphatic carbocycles. The van der Waals surface area contributed by atoms with Gasteiger partial charge in [-0.2, -0.15) is 0 Å². The van der Waals surface area contributed by atoms with Crippen LogP contribution in [0.5, 0.6) is 5.75 Å². The fourth-order valence-electron chi connectivity index (χ4n) is 2.20. The molecule has 1 atom stereocenters. The highest BCUT2D eigenvalue weighted by Crippen LogP contribution is 2.31. The van der Waals surface area contributed by atoms with Crippen LogP contribution in [-0.2, 0) is 6.42 Å². The number of halogens is 1. The van der Waals surface area contributed by atoms with Crippen molar-refractivity contribution >= 4 is 24.2 Å². The first kappa shape index (κ1) is 18.6. The number of aryl methyl sites for hydroxylation is 1. The molecule has 120 valence electrons. The van der Waals surface area contributed by atoms with E-state index in [0.29, 0.717) is 19.2 Å². The fourth-order valence-corrected chi connectivity index (χ4v) is 3.28. The van der Waals surface area contributed by atoms with Crippen molar-refractivity contribution in [2.24, 2.45) is 0 Å². The fraction of sp³-hybridized carbons (Fsp3) is 0.625. The topological polar surface area (TPSA) is 41.5 Å². The average Bonchev–Trinajstić information content (AvgIpc) is 2.67. The molecule has 21 heavy (non-hydrogen) atoms. The molecule has 0 bridgehead atoms. The van der Waals surface area contributed by atoms with Crippen LogP contribution in [0.15, 0.2) is 23.1 Å². The van der Waals surface area contributed by atoms with Crippen molar-refractivity contribution in [2.75, 3.05) is 18.9 Å². The molecule has 3 nitrogen and oxygen atoms in total. The third kappa shape index (κ3) is 6.47. The van der Waals surface area contributed by atoms with Crippen molar-refractivity contribution in [3.8, 4) is 5.75 Å². The molecule has 1 aliphatic rings. The third-order valence-corrected chi connectivity index (χ3v) is 4.54. The van der Waals surface area contributed by atoms with E-state index < -0.39 is 6.10 Å². The van der Waals surface area contributed by atoms with Gasteiger partial charge in [-0.1, -0.05) is 13.8 Å². The molecular formula is C16H26ClNO2S. The molecule has 1 heterocycles. The minimum Gasteiger partial charge on any atom is -0.491 e. The number of hydrogen-bond acceptors (Lipinski definition) is 4. The minimum atomic E-state index is -0.467. The second-order valence-electron chi connectivity index (χ2n) is 5.60. The predicted molar refractivity (Wildman–Crippen MR) is 92.0 cm³/mol. The SMILES string of the molecule is CC(C)NCC(O)COc1ccc2c(c1)CCCCS2.Cl. The van der Waals surface area contributed by atoms with E-state index in [9.17, 15) is 5.11 Å². The molecule has 1 unspecified atom stereocenters. The number of nitrogens with one attached hydrogen (secondary N) is 1. The number of ether oxygens (including phenoxy) is 1. The molecule has 1 aromatic rings. The lowest BCUT2D eigenvalue weighted by Gasteiger charge is -2.16. The average molecular weight is 332 g/mol. The number of fused-ring (bicyclic) bond motifs is 1. The molecule has 1 aliphatic heterocycles. The Bertz CT molecular complexity index is 429. The Morgan fingerprint density at radius 2 is 2.14 bits per heavy atom. The maximum absolute atomic E-state index is 9.85. The lowest BCUT2D eigenvalue weighted by atomic mass is 10.1. The van der Waals surface area contributed by atoms with Crippen LogP contribution in [0.1, 0.15) is 32.3 Å². The third-order valence-electron chi connectivity index (χ3n) is 3.33. The van der Waals surface area contributed by atoms with Crippen LogP contribution in [0, 0.1) is 0 Å². The summed E-state index contributed by atoms with van der Waals surface area (Å²) in [5.41, 5.74) is 1.39. The Balaban J connectivity index is 0.00000220. The summed E-state index contributed by atoms with van der Waals surface area (Å²) >= 11 is 1.94. The Morgan fingerprint density at radius 1 is 1.33 bits per heavy atom. The van der Waals surface area contributed by atoms with Gasteiger partial charge in [0.05, 0.1) is 0 Å². The first-order valence-electron chi connectivity index (χ1n) is 7.45. The van der Waals surface area contributed by atoms with Crippen molar-refractivity contribution < 1.29 is 9.84 Å². The zero-order valence-corrected chi connectivity index (χ0v) is 14.4. The van der Waals surface area contributed by atoms with Gasteiger partial charge in [-0.05, 0) is 48.8 Å². The van der Waals surface area contributed by atoms with E-state index in [0.717, 1.165) is 12.2 Å². The Labute approximate surface area is 138 Å². The van der Waals surface area contributed by atoms with Crippen molar-refractivity contribution in [2.45, 2.75) is 50.2 Å². The maximum atomic E-state index is 9.85. The van der Waals surface area contributed by atoms with Crippen LogP contribution in [0.2, 0.25) is 0 Å². The first-order chi connectivity index (χ1) is 9.65. The van der Waals surface area contributed by atoms with Crippen LogP contribution in [0.25, 0.3) is 0 Å². The number of hydrogen-bond donors (Lipinski definition) is 2. The van der Waals surface area contributed by atoms with Gasteiger partial charge >= 0.3 is 0 Å². The van der Waals surface area contributed by atoms with Gasteiger partial charge in [-0.25, -0.2) is 0 Å². The highest BCUT2D eigenvalue weighted by Gasteiger charge is 2.11. The summed E-state index contributed by atoms with van der Waals surface area (Å²) in [7, 11) is 0. The van der Waals surface area contributed by atoms with Gasteiger partial charge in [0.2, 0.25) is 0 Å². The van der Waals surface area contributed by atoms with Crippen LogP contribution in [0.3, 0.4) is 0 Å². The highest BCUT2D eigenvalue weighted by molar-refractivity contribution is 7.99. The largest absolute Gasteiger partial charge is 0.491 e. The quantitative estimate of drug-likeness (QED) is 0.839. The minimum absolute atomic E-state index is 0. The van der Waals surface area contributed by atoms with Gasteiger partial charge in [0.25, 0.3) is 0 Å².